The summed E-state index contributed by atoms with van der Waals surface area (Å²) in [4.78, 5) is 0. The molecular weight excluding hydrogens is 248 g/mol. The summed E-state index contributed by atoms with van der Waals surface area (Å²) < 4.78 is 31.8. The Hall–Kier alpha value is -1.16. The summed E-state index contributed by atoms with van der Waals surface area (Å²) in [5.74, 6) is -1.38. The Kier molecular flexibility index (Phi) is 3.21. The summed E-state index contributed by atoms with van der Waals surface area (Å²) in [6.07, 6.45) is 1.89. The van der Waals surface area contributed by atoms with Crippen LogP contribution < -0.4 is 10.5 Å². The molecule has 2 nitrogen and oxygen atoms in total. The Morgan fingerprint density at radius 2 is 2.00 bits per heavy atom. The lowest BCUT2D eigenvalue weighted by atomic mass is 9.80. The van der Waals surface area contributed by atoms with E-state index in [1.165, 1.54) is 5.56 Å². The van der Waals surface area contributed by atoms with E-state index in [1.54, 1.807) is 0 Å². The Morgan fingerprint density at radius 3 is 2.74 bits per heavy atom. The molecule has 3 rings (SSSR count). The molecule has 1 atom stereocenters. The van der Waals surface area contributed by atoms with Crippen molar-refractivity contribution in [3.8, 4) is 5.75 Å². The second kappa shape index (κ2) is 4.75. The van der Waals surface area contributed by atoms with Gasteiger partial charge < -0.3 is 10.5 Å². The van der Waals surface area contributed by atoms with E-state index in [4.69, 9.17) is 10.5 Å². The molecule has 19 heavy (non-hydrogen) atoms. The van der Waals surface area contributed by atoms with Gasteiger partial charge in [0.1, 0.15) is 5.75 Å². The van der Waals surface area contributed by atoms with Crippen molar-refractivity contribution in [2.75, 3.05) is 6.61 Å². The predicted molar refractivity (Wildman–Crippen MR) is 69.5 cm³/mol. The van der Waals surface area contributed by atoms with Gasteiger partial charge in [0.05, 0.1) is 6.61 Å². The maximum absolute atomic E-state index is 13.2. The number of benzene rings is 1. The van der Waals surface area contributed by atoms with Crippen molar-refractivity contribution in [2.24, 2.45) is 11.7 Å². The molecule has 1 aromatic carbocycles. The van der Waals surface area contributed by atoms with Crippen LogP contribution in [0.5, 0.6) is 5.75 Å². The zero-order valence-corrected chi connectivity index (χ0v) is 10.9. The molecule has 1 unspecified atom stereocenters. The third-order valence-corrected chi connectivity index (χ3v) is 4.37. The molecule has 2 aliphatic rings. The van der Waals surface area contributed by atoms with Crippen LogP contribution in [0.3, 0.4) is 0 Å². The van der Waals surface area contributed by atoms with Gasteiger partial charge in [-0.25, -0.2) is 8.78 Å². The summed E-state index contributed by atoms with van der Waals surface area (Å²) >= 11 is 0. The van der Waals surface area contributed by atoms with Crippen LogP contribution in [0.25, 0.3) is 0 Å². The number of ether oxygens (including phenoxy) is 1. The Morgan fingerprint density at radius 1 is 1.26 bits per heavy atom. The molecule has 1 heterocycles. The minimum absolute atomic E-state index is 0.0284. The lowest BCUT2D eigenvalue weighted by molar-refractivity contribution is -0.0483. The first kappa shape index (κ1) is 12.9. The highest BCUT2D eigenvalue weighted by Gasteiger charge is 2.37. The highest BCUT2D eigenvalue weighted by Crippen LogP contribution is 2.41. The SMILES string of the molecule is NC(c1ccc2c(c1)CCO2)C1CCC(F)(F)CC1. The molecule has 1 saturated carbocycles. The van der Waals surface area contributed by atoms with Crippen molar-refractivity contribution in [3.63, 3.8) is 0 Å². The average Bonchev–Trinajstić information content (AvgIpc) is 2.85. The summed E-state index contributed by atoms with van der Waals surface area (Å²) in [6, 6.07) is 5.87. The zero-order valence-electron chi connectivity index (χ0n) is 10.9. The van der Waals surface area contributed by atoms with Crippen LogP contribution in [0.15, 0.2) is 18.2 Å². The average molecular weight is 267 g/mol. The van der Waals surface area contributed by atoms with E-state index in [0.29, 0.717) is 12.8 Å². The number of hydrogen-bond donors (Lipinski definition) is 1. The first-order chi connectivity index (χ1) is 9.05. The van der Waals surface area contributed by atoms with Gasteiger partial charge in [-0.05, 0) is 36.0 Å². The topological polar surface area (TPSA) is 35.2 Å². The fourth-order valence-corrected chi connectivity index (χ4v) is 3.11. The maximum Gasteiger partial charge on any atom is 0.248 e. The lowest BCUT2D eigenvalue weighted by Gasteiger charge is -2.32. The van der Waals surface area contributed by atoms with Gasteiger partial charge >= 0.3 is 0 Å². The zero-order chi connectivity index (χ0) is 13.5. The first-order valence-electron chi connectivity index (χ1n) is 6.94. The summed E-state index contributed by atoms with van der Waals surface area (Å²) in [5.41, 5.74) is 8.51. The minimum Gasteiger partial charge on any atom is -0.493 e. The summed E-state index contributed by atoms with van der Waals surface area (Å²) in [6.45, 7) is 0.726. The monoisotopic (exact) mass is 267 g/mol. The van der Waals surface area contributed by atoms with Crippen LogP contribution in [-0.4, -0.2) is 12.5 Å². The Labute approximate surface area is 111 Å². The van der Waals surface area contributed by atoms with Gasteiger partial charge in [-0.3, -0.25) is 0 Å². The van der Waals surface area contributed by atoms with Crippen molar-refractivity contribution >= 4 is 0 Å². The van der Waals surface area contributed by atoms with Crippen LogP contribution in [0.1, 0.15) is 42.9 Å². The van der Waals surface area contributed by atoms with E-state index in [0.717, 1.165) is 24.3 Å². The lowest BCUT2D eigenvalue weighted by Crippen LogP contribution is -2.31. The highest BCUT2D eigenvalue weighted by atomic mass is 19.3. The summed E-state index contributed by atoms with van der Waals surface area (Å²) in [7, 11) is 0. The highest BCUT2D eigenvalue weighted by molar-refractivity contribution is 5.40. The second-order valence-electron chi connectivity index (χ2n) is 5.68. The molecule has 0 radical (unpaired) electrons. The van der Waals surface area contributed by atoms with E-state index in [9.17, 15) is 8.78 Å². The molecule has 0 aromatic heterocycles. The van der Waals surface area contributed by atoms with Gasteiger partial charge in [-0.1, -0.05) is 12.1 Å². The number of hydrogen-bond acceptors (Lipinski definition) is 2. The molecular formula is C15H19F2NO. The van der Waals surface area contributed by atoms with Crippen molar-refractivity contribution < 1.29 is 13.5 Å². The van der Waals surface area contributed by atoms with Crippen LogP contribution in [0, 0.1) is 5.92 Å². The predicted octanol–water partition coefficient (Wildman–Crippen LogP) is 3.45. The molecule has 0 amide bonds. The van der Waals surface area contributed by atoms with Crippen molar-refractivity contribution in [1.29, 1.82) is 0 Å². The quantitative estimate of drug-likeness (QED) is 0.890. The van der Waals surface area contributed by atoms with Crippen molar-refractivity contribution in [1.82, 2.24) is 0 Å². The van der Waals surface area contributed by atoms with Crippen LogP contribution in [-0.2, 0) is 6.42 Å². The van der Waals surface area contributed by atoms with Crippen molar-refractivity contribution in [3.05, 3.63) is 29.3 Å². The third-order valence-electron chi connectivity index (χ3n) is 4.37. The third kappa shape index (κ3) is 2.59. The minimum atomic E-state index is -2.48. The largest absolute Gasteiger partial charge is 0.493 e. The number of fused-ring (bicyclic) bond motifs is 1. The molecule has 104 valence electrons. The fraction of sp³-hybridized carbons (Fsp3) is 0.600. The first-order valence-corrected chi connectivity index (χ1v) is 6.94. The molecule has 2 N–H and O–H groups in total. The Bertz CT molecular complexity index is 465. The Balaban J connectivity index is 1.72. The van der Waals surface area contributed by atoms with Gasteiger partial charge in [0, 0.05) is 25.3 Å². The molecule has 1 fully saturated rings. The van der Waals surface area contributed by atoms with Crippen LogP contribution >= 0.6 is 0 Å². The standard InChI is InChI=1S/C15H19F2NO/c16-15(17)6-3-10(4-7-15)14(18)12-1-2-13-11(9-12)5-8-19-13/h1-2,9-10,14H,3-8,18H2. The van der Waals surface area contributed by atoms with Crippen LogP contribution in [0.2, 0.25) is 0 Å². The van der Waals surface area contributed by atoms with E-state index in [2.05, 4.69) is 6.07 Å². The van der Waals surface area contributed by atoms with E-state index >= 15 is 0 Å². The van der Waals surface area contributed by atoms with Crippen molar-refractivity contribution in [2.45, 2.75) is 44.1 Å². The van der Waals surface area contributed by atoms with E-state index in [1.807, 2.05) is 12.1 Å². The van der Waals surface area contributed by atoms with E-state index in [-0.39, 0.29) is 24.8 Å². The molecule has 1 aliphatic heterocycles. The van der Waals surface area contributed by atoms with E-state index < -0.39 is 5.92 Å². The van der Waals surface area contributed by atoms with Gasteiger partial charge in [0.2, 0.25) is 5.92 Å². The molecule has 0 spiro atoms. The van der Waals surface area contributed by atoms with Gasteiger partial charge in [0.15, 0.2) is 0 Å². The number of alkyl halides is 2. The fourth-order valence-electron chi connectivity index (χ4n) is 3.11. The normalized spacial score (nSPS) is 23.7. The van der Waals surface area contributed by atoms with Gasteiger partial charge in [0.25, 0.3) is 0 Å². The van der Waals surface area contributed by atoms with Gasteiger partial charge in [-0.2, -0.15) is 0 Å². The number of rotatable bonds is 2. The molecule has 0 saturated heterocycles. The number of nitrogens with two attached hydrogens (primary N) is 1. The smallest absolute Gasteiger partial charge is 0.248 e. The molecule has 1 aliphatic carbocycles. The maximum atomic E-state index is 13.2. The molecule has 1 aromatic rings. The molecule has 4 heteroatoms. The van der Waals surface area contributed by atoms with Gasteiger partial charge in [-0.15, -0.1) is 0 Å². The summed E-state index contributed by atoms with van der Waals surface area (Å²) in [5, 5.41) is 0. The molecule has 0 bridgehead atoms. The second-order valence-corrected chi connectivity index (χ2v) is 5.68. The number of halogens is 2. The van der Waals surface area contributed by atoms with Crippen LogP contribution in [0.4, 0.5) is 8.78 Å².